The second-order valence-corrected chi connectivity index (χ2v) is 3.59. The third kappa shape index (κ3) is 1.94. The third-order valence-corrected chi connectivity index (χ3v) is 2.67. The highest BCUT2D eigenvalue weighted by molar-refractivity contribution is 5.76. The second kappa shape index (κ2) is 4.31. The fourth-order valence-electron chi connectivity index (χ4n) is 1.90. The van der Waals surface area contributed by atoms with Gasteiger partial charge in [0.1, 0.15) is 0 Å². The van der Waals surface area contributed by atoms with Crippen LogP contribution in [0.1, 0.15) is 11.6 Å². The zero-order valence-electron chi connectivity index (χ0n) is 8.52. The topological polar surface area (TPSA) is 58.4 Å². The Bertz CT molecular complexity index is 339. The predicted molar refractivity (Wildman–Crippen MR) is 58.3 cm³/mol. The fraction of sp³-hybridized carbons (Fsp3) is 0.364. The molecule has 0 radical (unpaired) electrons. The molecule has 0 aromatic heterocycles. The Morgan fingerprint density at radius 3 is 2.67 bits per heavy atom. The highest BCUT2D eigenvalue weighted by Crippen LogP contribution is 2.20. The first kappa shape index (κ1) is 9.98. The first-order chi connectivity index (χ1) is 7.33. The van der Waals surface area contributed by atoms with Gasteiger partial charge in [-0.25, -0.2) is 4.79 Å². The molecular formula is C11H15N3O. The Morgan fingerprint density at radius 2 is 2.13 bits per heavy atom. The SMILES string of the molecule is NCC(c1ccccc1)N1CCNC1=O. The average molecular weight is 205 g/mol. The van der Waals surface area contributed by atoms with Gasteiger partial charge in [-0.1, -0.05) is 30.3 Å². The van der Waals surface area contributed by atoms with E-state index in [1.807, 2.05) is 30.3 Å². The molecule has 0 spiro atoms. The van der Waals surface area contributed by atoms with Crippen molar-refractivity contribution in [3.8, 4) is 0 Å². The van der Waals surface area contributed by atoms with Crippen molar-refractivity contribution < 1.29 is 4.79 Å². The fourth-order valence-corrected chi connectivity index (χ4v) is 1.90. The number of amides is 2. The minimum Gasteiger partial charge on any atom is -0.336 e. The van der Waals surface area contributed by atoms with Crippen LogP contribution in [0.25, 0.3) is 0 Å². The predicted octanol–water partition coefficient (Wildman–Crippen LogP) is 0.712. The number of benzene rings is 1. The normalized spacial score (nSPS) is 17.7. The number of urea groups is 1. The first-order valence-electron chi connectivity index (χ1n) is 5.12. The van der Waals surface area contributed by atoms with E-state index in [1.165, 1.54) is 0 Å². The van der Waals surface area contributed by atoms with Crippen molar-refractivity contribution in [1.82, 2.24) is 10.2 Å². The summed E-state index contributed by atoms with van der Waals surface area (Å²) in [6, 6.07) is 9.87. The van der Waals surface area contributed by atoms with Gasteiger partial charge >= 0.3 is 6.03 Å². The molecule has 1 saturated heterocycles. The van der Waals surface area contributed by atoms with Gasteiger partial charge in [0.2, 0.25) is 0 Å². The van der Waals surface area contributed by atoms with Crippen molar-refractivity contribution >= 4 is 6.03 Å². The minimum absolute atomic E-state index is 0.00583. The number of hydrogen-bond donors (Lipinski definition) is 2. The number of nitrogens with one attached hydrogen (secondary N) is 1. The van der Waals surface area contributed by atoms with Gasteiger partial charge in [-0.15, -0.1) is 0 Å². The molecule has 1 aromatic rings. The molecule has 1 fully saturated rings. The smallest absolute Gasteiger partial charge is 0.318 e. The summed E-state index contributed by atoms with van der Waals surface area (Å²) in [5.41, 5.74) is 6.82. The van der Waals surface area contributed by atoms with Crippen LogP contribution in [0.2, 0.25) is 0 Å². The average Bonchev–Trinajstić information content (AvgIpc) is 2.68. The third-order valence-electron chi connectivity index (χ3n) is 2.67. The Morgan fingerprint density at radius 1 is 1.40 bits per heavy atom. The van der Waals surface area contributed by atoms with Gasteiger partial charge in [0.25, 0.3) is 0 Å². The van der Waals surface area contributed by atoms with Crippen molar-refractivity contribution in [2.45, 2.75) is 6.04 Å². The van der Waals surface area contributed by atoms with Crippen LogP contribution in [-0.2, 0) is 0 Å². The lowest BCUT2D eigenvalue weighted by atomic mass is 10.1. The Labute approximate surface area is 89.1 Å². The van der Waals surface area contributed by atoms with Crippen LogP contribution in [0, 0.1) is 0 Å². The van der Waals surface area contributed by atoms with Crippen molar-refractivity contribution in [2.75, 3.05) is 19.6 Å². The van der Waals surface area contributed by atoms with E-state index in [4.69, 9.17) is 5.73 Å². The number of carbonyl (C=O) groups excluding carboxylic acids is 1. The van der Waals surface area contributed by atoms with Crippen LogP contribution >= 0.6 is 0 Å². The van der Waals surface area contributed by atoms with Gasteiger partial charge in [-0.05, 0) is 5.56 Å². The zero-order chi connectivity index (χ0) is 10.7. The van der Waals surface area contributed by atoms with Gasteiger partial charge in [0.05, 0.1) is 6.04 Å². The monoisotopic (exact) mass is 205 g/mol. The van der Waals surface area contributed by atoms with E-state index >= 15 is 0 Å². The number of rotatable bonds is 3. The molecule has 0 saturated carbocycles. The molecule has 1 aliphatic rings. The van der Waals surface area contributed by atoms with E-state index in [0.717, 1.165) is 12.1 Å². The summed E-state index contributed by atoms with van der Waals surface area (Å²) in [6.45, 7) is 1.90. The molecule has 1 aliphatic heterocycles. The summed E-state index contributed by atoms with van der Waals surface area (Å²) >= 11 is 0. The molecule has 3 N–H and O–H groups in total. The molecule has 80 valence electrons. The second-order valence-electron chi connectivity index (χ2n) is 3.59. The van der Waals surface area contributed by atoms with Crippen LogP contribution in [-0.4, -0.2) is 30.6 Å². The van der Waals surface area contributed by atoms with Crippen LogP contribution in [0.5, 0.6) is 0 Å². The molecule has 1 aromatic carbocycles. The van der Waals surface area contributed by atoms with Gasteiger partial charge in [-0.3, -0.25) is 0 Å². The molecule has 15 heavy (non-hydrogen) atoms. The molecule has 0 aliphatic carbocycles. The molecule has 2 rings (SSSR count). The van der Waals surface area contributed by atoms with Crippen molar-refractivity contribution in [3.05, 3.63) is 35.9 Å². The summed E-state index contributed by atoms with van der Waals surface area (Å²) in [5.74, 6) is 0. The number of carbonyl (C=O) groups is 1. The Hall–Kier alpha value is -1.55. The standard InChI is InChI=1S/C11H15N3O/c12-8-10(9-4-2-1-3-5-9)14-7-6-13-11(14)15/h1-5,10H,6-8,12H2,(H,13,15). The molecular weight excluding hydrogens is 190 g/mol. The zero-order valence-corrected chi connectivity index (χ0v) is 8.52. The van der Waals surface area contributed by atoms with Crippen molar-refractivity contribution in [1.29, 1.82) is 0 Å². The van der Waals surface area contributed by atoms with Crippen LogP contribution in [0.4, 0.5) is 4.79 Å². The molecule has 4 heteroatoms. The van der Waals surface area contributed by atoms with Gasteiger partial charge in [0, 0.05) is 19.6 Å². The van der Waals surface area contributed by atoms with Gasteiger partial charge < -0.3 is 16.0 Å². The summed E-state index contributed by atoms with van der Waals surface area (Å²) in [6.07, 6.45) is 0. The van der Waals surface area contributed by atoms with Crippen LogP contribution in [0.15, 0.2) is 30.3 Å². The molecule has 1 atom stereocenters. The number of nitrogens with two attached hydrogens (primary N) is 1. The molecule has 1 heterocycles. The minimum atomic E-state index is -0.0192. The quantitative estimate of drug-likeness (QED) is 0.763. The largest absolute Gasteiger partial charge is 0.336 e. The highest BCUT2D eigenvalue weighted by atomic mass is 16.2. The maximum absolute atomic E-state index is 11.5. The lowest BCUT2D eigenvalue weighted by Crippen LogP contribution is -2.36. The summed E-state index contributed by atoms with van der Waals surface area (Å²) in [7, 11) is 0. The lowest BCUT2D eigenvalue weighted by molar-refractivity contribution is 0.200. The Balaban J connectivity index is 2.20. The van der Waals surface area contributed by atoms with Crippen LogP contribution < -0.4 is 11.1 Å². The summed E-state index contributed by atoms with van der Waals surface area (Å²) in [4.78, 5) is 13.3. The Kier molecular flexibility index (Phi) is 2.87. The van der Waals surface area contributed by atoms with Crippen molar-refractivity contribution in [2.24, 2.45) is 5.73 Å². The molecule has 0 bridgehead atoms. The van der Waals surface area contributed by atoms with Gasteiger partial charge in [0.15, 0.2) is 0 Å². The first-order valence-corrected chi connectivity index (χ1v) is 5.12. The summed E-state index contributed by atoms with van der Waals surface area (Å²) in [5, 5.41) is 2.79. The van der Waals surface area contributed by atoms with E-state index in [0.29, 0.717) is 13.1 Å². The molecule has 2 amide bonds. The van der Waals surface area contributed by atoms with Gasteiger partial charge in [-0.2, -0.15) is 0 Å². The molecule has 4 nitrogen and oxygen atoms in total. The number of nitrogens with zero attached hydrogens (tertiary/aromatic N) is 1. The maximum Gasteiger partial charge on any atom is 0.318 e. The van der Waals surface area contributed by atoms with E-state index in [2.05, 4.69) is 5.32 Å². The summed E-state index contributed by atoms with van der Waals surface area (Å²) < 4.78 is 0. The maximum atomic E-state index is 11.5. The van der Waals surface area contributed by atoms with E-state index in [-0.39, 0.29) is 12.1 Å². The molecule has 1 unspecified atom stereocenters. The van der Waals surface area contributed by atoms with Crippen molar-refractivity contribution in [3.63, 3.8) is 0 Å². The highest BCUT2D eigenvalue weighted by Gasteiger charge is 2.27. The van der Waals surface area contributed by atoms with E-state index in [1.54, 1.807) is 4.90 Å². The van der Waals surface area contributed by atoms with E-state index < -0.39 is 0 Å². The lowest BCUT2D eigenvalue weighted by Gasteiger charge is -2.25. The van der Waals surface area contributed by atoms with Crippen LogP contribution in [0.3, 0.4) is 0 Å². The number of hydrogen-bond acceptors (Lipinski definition) is 2. The van der Waals surface area contributed by atoms with E-state index in [9.17, 15) is 4.79 Å².